The molecular formula is C17H17ClN6S. The Balaban J connectivity index is 1.69. The second-order valence-corrected chi connectivity index (χ2v) is 7.03. The Labute approximate surface area is 155 Å². The van der Waals surface area contributed by atoms with E-state index in [0.717, 1.165) is 17.0 Å². The van der Waals surface area contributed by atoms with E-state index in [4.69, 9.17) is 17.3 Å². The van der Waals surface area contributed by atoms with Crippen molar-refractivity contribution < 1.29 is 0 Å². The molecule has 1 atom stereocenters. The lowest BCUT2D eigenvalue weighted by molar-refractivity contribution is 0.895. The summed E-state index contributed by atoms with van der Waals surface area (Å²) in [6.45, 7) is 2.04. The fourth-order valence-electron chi connectivity index (χ4n) is 2.09. The number of pyridine rings is 1. The number of anilines is 3. The Morgan fingerprint density at radius 1 is 1.12 bits per heavy atom. The molecule has 3 N–H and O–H groups in total. The van der Waals surface area contributed by atoms with Gasteiger partial charge in [0.05, 0.1) is 5.25 Å². The van der Waals surface area contributed by atoms with Crippen molar-refractivity contribution in [3.63, 3.8) is 0 Å². The average molecular weight is 373 g/mol. The molecule has 0 amide bonds. The molecule has 1 aromatic carbocycles. The van der Waals surface area contributed by atoms with E-state index in [1.54, 1.807) is 24.0 Å². The molecule has 0 fully saturated rings. The summed E-state index contributed by atoms with van der Waals surface area (Å²) in [6.07, 6.45) is 1.77. The largest absolute Gasteiger partial charge is 0.368 e. The van der Waals surface area contributed by atoms with Crippen molar-refractivity contribution in [1.29, 1.82) is 0 Å². The van der Waals surface area contributed by atoms with E-state index in [-0.39, 0.29) is 11.2 Å². The van der Waals surface area contributed by atoms with Gasteiger partial charge < -0.3 is 11.1 Å². The van der Waals surface area contributed by atoms with Crippen LogP contribution in [0.25, 0.3) is 0 Å². The van der Waals surface area contributed by atoms with Crippen LogP contribution in [0.3, 0.4) is 0 Å². The normalized spacial score (nSPS) is 11.9. The molecule has 0 aliphatic carbocycles. The smallest absolute Gasteiger partial charge is 0.232 e. The topological polar surface area (TPSA) is 89.6 Å². The third-order valence-corrected chi connectivity index (χ3v) is 4.79. The summed E-state index contributed by atoms with van der Waals surface area (Å²) >= 11 is 7.50. The third-order valence-electron chi connectivity index (χ3n) is 3.35. The number of nitrogen functional groups attached to an aromatic ring is 1. The van der Waals surface area contributed by atoms with Gasteiger partial charge in [0.15, 0.2) is 0 Å². The standard InChI is InChI=1S/C17H17ClN6S/c1-11(25-10-12-7-8-14(18)20-9-12)15-22-16(19)24-17(23-15)21-13-5-3-2-4-6-13/h2-9,11H,10H2,1H3,(H3,19,21,22,23,24)/t11-/m1/s1. The number of benzene rings is 1. The van der Waals surface area contributed by atoms with Crippen LogP contribution in [-0.4, -0.2) is 19.9 Å². The van der Waals surface area contributed by atoms with Crippen molar-refractivity contribution in [1.82, 2.24) is 19.9 Å². The molecule has 3 aromatic rings. The monoisotopic (exact) mass is 372 g/mol. The molecule has 0 bridgehead atoms. The van der Waals surface area contributed by atoms with Gasteiger partial charge in [-0.3, -0.25) is 0 Å². The zero-order chi connectivity index (χ0) is 17.6. The van der Waals surface area contributed by atoms with Gasteiger partial charge in [-0.2, -0.15) is 15.0 Å². The van der Waals surface area contributed by atoms with Gasteiger partial charge in [0.25, 0.3) is 0 Å². The number of para-hydroxylation sites is 1. The van der Waals surface area contributed by atoms with Crippen LogP contribution in [0, 0.1) is 0 Å². The maximum absolute atomic E-state index is 5.84. The third kappa shape index (κ3) is 5.04. The van der Waals surface area contributed by atoms with Gasteiger partial charge in [0.1, 0.15) is 11.0 Å². The molecule has 0 radical (unpaired) electrons. The molecule has 0 aliphatic rings. The summed E-state index contributed by atoms with van der Waals surface area (Å²) in [5.74, 6) is 2.05. The lowest BCUT2D eigenvalue weighted by atomic mass is 10.3. The van der Waals surface area contributed by atoms with E-state index in [9.17, 15) is 0 Å². The zero-order valence-corrected chi connectivity index (χ0v) is 15.1. The Morgan fingerprint density at radius 2 is 1.92 bits per heavy atom. The molecular weight excluding hydrogens is 356 g/mol. The number of hydrogen-bond donors (Lipinski definition) is 2. The molecule has 8 heteroatoms. The number of nitrogens with one attached hydrogen (secondary N) is 1. The van der Waals surface area contributed by atoms with Crippen LogP contribution in [0.15, 0.2) is 48.7 Å². The van der Waals surface area contributed by atoms with Crippen LogP contribution in [0.5, 0.6) is 0 Å². The number of nitrogens with two attached hydrogens (primary N) is 1. The van der Waals surface area contributed by atoms with Crippen molar-refractivity contribution in [3.05, 3.63) is 65.2 Å². The minimum atomic E-state index is 0.0531. The van der Waals surface area contributed by atoms with Crippen LogP contribution >= 0.6 is 23.4 Å². The minimum Gasteiger partial charge on any atom is -0.368 e. The quantitative estimate of drug-likeness (QED) is 0.625. The molecule has 2 aromatic heterocycles. The Morgan fingerprint density at radius 3 is 2.64 bits per heavy atom. The lowest BCUT2D eigenvalue weighted by Crippen LogP contribution is -2.08. The molecule has 2 heterocycles. The highest BCUT2D eigenvalue weighted by Crippen LogP contribution is 2.29. The van der Waals surface area contributed by atoms with E-state index in [2.05, 4.69) is 25.3 Å². The average Bonchev–Trinajstić information content (AvgIpc) is 2.61. The van der Waals surface area contributed by atoms with E-state index in [1.807, 2.05) is 43.3 Å². The second-order valence-electron chi connectivity index (χ2n) is 5.31. The molecule has 0 saturated carbocycles. The molecule has 0 unspecified atom stereocenters. The number of hydrogen-bond acceptors (Lipinski definition) is 7. The van der Waals surface area contributed by atoms with E-state index in [1.165, 1.54) is 0 Å². The first kappa shape index (κ1) is 17.4. The van der Waals surface area contributed by atoms with Crippen LogP contribution < -0.4 is 11.1 Å². The summed E-state index contributed by atoms with van der Waals surface area (Å²) in [6, 6.07) is 13.4. The predicted octanol–water partition coefficient (Wildman–Crippen LogP) is 4.24. The van der Waals surface area contributed by atoms with Crippen LogP contribution in [0.4, 0.5) is 17.6 Å². The van der Waals surface area contributed by atoms with Crippen molar-refractivity contribution in [2.24, 2.45) is 0 Å². The summed E-state index contributed by atoms with van der Waals surface area (Å²) in [4.78, 5) is 17.0. The molecule has 0 aliphatic heterocycles. The predicted molar refractivity (Wildman–Crippen MR) is 103 cm³/mol. The molecule has 0 spiro atoms. The van der Waals surface area contributed by atoms with E-state index >= 15 is 0 Å². The number of rotatable bonds is 6. The van der Waals surface area contributed by atoms with E-state index < -0.39 is 0 Å². The van der Waals surface area contributed by atoms with E-state index in [0.29, 0.717) is 16.9 Å². The Kier molecular flexibility index (Phi) is 5.67. The maximum atomic E-state index is 5.84. The highest BCUT2D eigenvalue weighted by molar-refractivity contribution is 7.98. The highest BCUT2D eigenvalue weighted by atomic mass is 35.5. The van der Waals surface area contributed by atoms with Gasteiger partial charge in [-0.05, 0) is 30.7 Å². The van der Waals surface area contributed by atoms with Gasteiger partial charge >= 0.3 is 0 Å². The number of thioether (sulfide) groups is 1. The van der Waals surface area contributed by atoms with Gasteiger partial charge in [0.2, 0.25) is 11.9 Å². The van der Waals surface area contributed by atoms with Gasteiger partial charge in [0, 0.05) is 17.6 Å². The van der Waals surface area contributed by atoms with Crippen LogP contribution in [-0.2, 0) is 5.75 Å². The first-order chi connectivity index (χ1) is 12.1. The lowest BCUT2D eigenvalue weighted by Gasteiger charge is -2.12. The van der Waals surface area contributed by atoms with Gasteiger partial charge in [-0.25, -0.2) is 4.98 Å². The summed E-state index contributed by atoms with van der Waals surface area (Å²) < 4.78 is 0. The van der Waals surface area contributed by atoms with Crippen LogP contribution in [0.2, 0.25) is 5.15 Å². The first-order valence-corrected chi connectivity index (χ1v) is 9.08. The number of nitrogens with zero attached hydrogens (tertiary/aromatic N) is 4. The maximum Gasteiger partial charge on any atom is 0.232 e. The first-order valence-electron chi connectivity index (χ1n) is 7.66. The number of halogens is 1. The molecule has 128 valence electrons. The SMILES string of the molecule is C[C@@H](SCc1ccc(Cl)nc1)c1nc(N)nc(Nc2ccccc2)n1. The van der Waals surface area contributed by atoms with Gasteiger partial charge in [-0.1, -0.05) is 35.9 Å². The molecule has 3 rings (SSSR count). The Bertz CT molecular complexity index is 828. The van der Waals surface area contributed by atoms with Crippen molar-refractivity contribution >= 4 is 40.9 Å². The zero-order valence-electron chi connectivity index (χ0n) is 13.6. The Hall–Kier alpha value is -2.38. The second kappa shape index (κ2) is 8.13. The van der Waals surface area contributed by atoms with Crippen LogP contribution in [0.1, 0.15) is 23.6 Å². The fraction of sp³-hybridized carbons (Fsp3) is 0.176. The molecule has 25 heavy (non-hydrogen) atoms. The molecule has 6 nitrogen and oxygen atoms in total. The number of aromatic nitrogens is 4. The van der Waals surface area contributed by atoms with Crippen molar-refractivity contribution in [2.45, 2.75) is 17.9 Å². The van der Waals surface area contributed by atoms with Gasteiger partial charge in [-0.15, -0.1) is 11.8 Å². The minimum absolute atomic E-state index is 0.0531. The van der Waals surface area contributed by atoms with Crippen molar-refractivity contribution in [3.8, 4) is 0 Å². The fourth-order valence-corrected chi connectivity index (χ4v) is 3.06. The van der Waals surface area contributed by atoms with Crippen molar-refractivity contribution in [2.75, 3.05) is 11.1 Å². The summed E-state index contributed by atoms with van der Waals surface area (Å²) in [7, 11) is 0. The summed E-state index contributed by atoms with van der Waals surface area (Å²) in [5, 5.41) is 3.69. The highest BCUT2D eigenvalue weighted by Gasteiger charge is 2.13. The summed E-state index contributed by atoms with van der Waals surface area (Å²) in [5.41, 5.74) is 7.82. The molecule has 0 saturated heterocycles.